The van der Waals surface area contributed by atoms with Crippen LogP contribution in [-0.4, -0.2) is 26.0 Å². The predicted octanol–water partition coefficient (Wildman–Crippen LogP) is 1.93. The Balaban J connectivity index is 1.85. The van der Waals surface area contributed by atoms with Crippen LogP contribution in [0.4, 0.5) is 0 Å². The minimum Gasteiger partial charge on any atom is -0.454 e. The van der Waals surface area contributed by atoms with Crippen LogP contribution in [0.15, 0.2) is 18.2 Å². The lowest BCUT2D eigenvalue weighted by atomic mass is 10.2. The Hall–Kier alpha value is -1.26. The molecule has 0 fully saturated rings. The van der Waals surface area contributed by atoms with Crippen molar-refractivity contribution >= 4 is 0 Å². The van der Waals surface area contributed by atoms with Gasteiger partial charge in [-0.15, -0.1) is 0 Å². The lowest BCUT2D eigenvalue weighted by Gasteiger charge is -2.13. The van der Waals surface area contributed by atoms with Crippen LogP contribution in [-0.2, 0) is 11.3 Å². The van der Waals surface area contributed by atoms with Gasteiger partial charge in [-0.25, -0.2) is 0 Å². The molecule has 0 aromatic heterocycles. The molecule has 0 saturated heterocycles. The third kappa shape index (κ3) is 3.11. The van der Waals surface area contributed by atoms with Crippen LogP contribution >= 0.6 is 0 Å². The maximum absolute atomic E-state index is 5.45. The van der Waals surface area contributed by atoms with Gasteiger partial charge in [-0.1, -0.05) is 12.1 Å². The molecule has 1 aromatic carbocycles. The smallest absolute Gasteiger partial charge is 0.231 e. The van der Waals surface area contributed by atoms with Crippen LogP contribution in [0.25, 0.3) is 0 Å². The molecular formula is C13H19NO3. The molecule has 0 radical (unpaired) electrons. The number of hydrogen-bond donors (Lipinski definition) is 1. The van der Waals surface area contributed by atoms with E-state index >= 15 is 0 Å². The highest BCUT2D eigenvalue weighted by Crippen LogP contribution is 2.35. The molecular weight excluding hydrogens is 218 g/mol. The SMILES string of the molecule is CCOC(C)CNCc1cccc2c1OCO2. The van der Waals surface area contributed by atoms with Crippen molar-refractivity contribution in [3.8, 4) is 11.5 Å². The fourth-order valence-corrected chi connectivity index (χ4v) is 1.88. The molecule has 1 aliphatic rings. The standard InChI is InChI=1S/C13H19NO3/c1-3-15-10(2)7-14-8-11-5-4-6-12-13(11)17-9-16-12/h4-6,10,14H,3,7-9H2,1-2H3. The zero-order chi connectivity index (χ0) is 12.1. The lowest BCUT2D eigenvalue weighted by Crippen LogP contribution is -2.26. The van der Waals surface area contributed by atoms with Crippen molar-refractivity contribution in [2.24, 2.45) is 0 Å². The van der Waals surface area contributed by atoms with Crippen molar-refractivity contribution in [2.45, 2.75) is 26.5 Å². The number of hydrogen-bond acceptors (Lipinski definition) is 4. The number of rotatable bonds is 6. The van der Waals surface area contributed by atoms with Gasteiger partial charge in [-0.3, -0.25) is 0 Å². The zero-order valence-corrected chi connectivity index (χ0v) is 10.4. The van der Waals surface area contributed by atoms with Gasteiger partial charge < -0.3 is 19.5 Å². The maximum Gasteiger partial charge on any atom is 0.231 e. The molecule has 0 aliphatic carbocycles. The third-order valence-electron chi connectivity index (χ3n) is 2.68. The van der Waals surface area contributed by atoms with Crippen LogP contribution < -0.4 is 14.8 Å². The summed E-state index contributed by atoms with van der Waals surface area (Å²) < 4.78 is 16.2. The Bertz CT molecular complexity index is 368. The van der Waals surface area contributed by atoms with Crippen LogP contribution in [0.1, 0.15) is 19.4 Å². The topological polar surface area (TPSA) is 39.7 Å². The number of fused-ring (bicyclic) bond motifs is 1. The molecule has 4 nitrogen and oxygen atoms in total. The molecule has 0 amide bonds. The lowest BCUT2D eigenvalue weighted by molar-refractivity contribution is 0.0759. The number of nitrogens with one attached hydrogen (secondary N) is 1. The zero-order valence-electron chi connectivity index (χ0n) is 10.4. The second-order valence-electron chi connectivity index (χ2n) is 4.05. The van der Waals surface area contributed by atoms with E-state index in [1.54, 1.807) is 0 Å². The van der Waals surface area contributed by atoms with Crippen molar-refractivity contribution < 1.29 is 14.2 Å². The number of benzene rings is 1. The van der Waals surface area contributed by atoms with E-state index in [1.807, 2.05) is 25.1 Å². The van der Waals surface area contributed by atoms with Crippen LogP contribution in [0.3, 0.4) is 0 Å². The van der Waals surface area contributed by atoms with Gasteiger partial charge in [0.05, 0.1) is 6.10 Å². The predicted molar refractivity (Wildman–Crippen MR) is 65.4 cm³/mol. The molecule has 1 heterocycles. The molecule has 4 heteroatoms. The highest BCUT2D eigenvalue weighted by Gasteiger charge is 2.16. The molecule has 1 atom stereocenters. The summed E-state index contributed by atoms with van der Waals surface area (Å²) >= 11 is 0. The van der Waals surface area contributed by atoms with Crippen molar-refractivity contribution in [1.29, 1.82) is 0 Å². The van der Waals surface area contributed by atoms with Gasteiger partial charge in [-0.05, 0) is 19.9 Å². The molecule has 0 bridgehead atoms. The van der Waals surface area contributed by atoms with Gasteiger partial charge in [0.1, 0.15) is 0 Å². The van der Waals surface area contributed by atoms with E-state index in [1.165, 1.54) is 0 Å². The second-order valence-corrected chi connectivity index (χ2v) is 4.05. The van der Waals surface area contributed by atoms with Gasteiger partial charge in [0.15, 0.2) is 11.5 Å². The minimum absolute atomic E-state index is 0.230. The van der Waals surface area contributed by atoms with Crippen molar-refractivity contribution in [2.75, 3.05) is 19.9 Å². The van der Waals surface area contributed by atoms with Crippen LogP contribution in [0.5, 0.6) is 11.5 Å². The van der Waals surface area contributed by atoms with Crippen LogP contribution in [0.2, 0.25) is 0 Å². The average Bonchev–Trinajstić information content (AvgIpc) is 2.78. The first-order valence-corrected chi connectivity index (χ1v) is 6.01. The summed E-state index contributed by atoms with van der Waals surface area (Å²) in [4.78, 5) is 0. The van der Waals surface area contributed by atoms with E-state index in [0.29, 0.717) is 6.79 Å². The van der Waals surface area contributed by atoms with Crippen LogP contribution in [0, 0.1) is 0 Å². The Morgan fingerprint density at radius 3 is 3.12 bits per heavy atom. The number of para-hydroxylation sites is 1. The Kier molecular flexibility index (Phi) is 4.23. The van der Waals surface area contributed by atoms with E-state index in [2.05, 4.69) is 12.2 Å². The first-order valence-electron chi connectivity index (χ1n) is 6.01. The summed E-state index contributed by atoms with van der Waals surface area (Å²) in [7, 11) is 0. The Morgan fingerprint density at radius 1 is 1.41 bits per heavy atom. The molecule has 1 unspecified atom stereocenters. The minimum atomic E-state index is 0.230. The molecule has 94 valence electrons. The highest BCUT2D eigenvalue weighted by atomic mass is 16.7. The normalized spacial score (nSPS) is 14.9. The van der Waals surface area contributed by atoms with Gasteiger partial charge in [0, 0.05) is 25.3 Å². The third-order valence-corrected chi connectivity index (χ3v) is 2.68. The van der Waals surface area contributed by atoms with Gasteiger partial charge >= 0.3 is 0 Å². The number of ether oxygens (including phenoxy) is 3. The maximum atomic E-state index is 5.45. The summed E-state index contributed by atoms with van der Waals surface area (Å²) in [6.07, 6.45) is 0.230. The quantitative estimate of drug-likeness (QED) is 0.820. The van der Waals surface area contributed by atoms with E-state index in [4.69, 9.17) is 14.2 Å². The average molecular weight is 237 g/mol. The van der Waals surface area contributed by atoms with E-state index in [9.17, 15) is 0 Å². The molecule has 1 N–H and O–H groups in total. The van der Waals surface area contributed by atoms with Crippen molar-refractivity contribution in [1.82, 2.24) is 5.32 Å². The molecule has 0 spiro atoms. The second kappa shape index (κ2) is 5.89. The molecule has 0 saturated carbocycles. The molecule has 1 aliphatic heterocycles. The fourth-order valence-electron chi connectivity index (χ4n) is 1.88. The van der Waals surface area contributed by atoms with E-state index in [-0.39, 0.29) is 6.10 Å². The summed E-state index contributed by atoms with van der Waals surface area (Å²) in [5.41, 5.74) is 1.13. The summed E-state index contributed by atoms with van der Waals surface area (Å²) in [6, 6.07) is 5.96. The Labute approximate surface area is 102 Å². The van der Waals surface area contributed by atoms with Crippen molar-refractivity contribution in [3.05, 3.63) is 23.8 Å². The Morgan fingerprint density at radius 2 is 2.29 bits per heavy atom. The highest BCUT2D eigenvalue weighted by molar-refractivity contribution is 5.48. The molecule has 17 heavy (non-hydrogen) atoms. The van der Waals surface area contributed by atoms with E-state index < -0.39 is 0 Å². The monoisotopic (exact) mass is 237 g/mol. The van der Waals surface area contributed by atoms with Gasteiger partial charge in [-0.2, -0.15) is 0 Å². The summed E-state index contributed by atoms with van der Waals surface area (Å²) in [5, 5.41) is 3.36. The van der Waals surface area contributed by atoms with Gasteiger partial charge in [0.2, 0.25) is 6.79 Å². The van der Waals surface area contributed by atoms with Crippen molar-refractivity contribution in [3.63, 3.8) is 0 Å². The summed E-state index contributed by atoms with van der Waals surface area (Å²) in [6.45, 7) is 6.74. The fraction of sp³-hybridized carbons (Fsp3) is 0.538. The first-order chi connectivity index (χ1) is 8.31. The van der Waals surface area contributed by atoms with Gasteiger partial charge in [0.25, 0.3) is 0 Å². The summed E-state index contributed by atoms with van der Waals surface area (Å²) in [5.74, 6) is 1.70. The largest absolute Gasteiger partial charge is 0.454 e. The molecule has 1 aromatic rings. The first kappa shape index (κ1) is 12.2. The molecule has 2 rings (SSSR count). The van der Waals surface area contributed by atoms with E-state index in [0.717, 1.165) is 36.8 Å².